The number of hydrogen-bond donors (Lipinski definition) is 1. The number of aliphatic hydroxyl groups excluding tert-OH is 1. The van der Waals surface area contributed by atoms with E-state index in [2.05, 4.69) is 4.37 Å². The van der Waals surface area contributed by atoms with Crippen molar-refractivity contribution >= 4 is 23.1 Å². The van der Waals surface area contributed by atoms with E-state index in [9.17, 15) is 22.0 Å². The summed E-state index contributed by atoms with van der Waals surface area (Å²) in [5, 5.41) is 9.49. The van der Waals surface area contributed by atoms with E-state index in [0.717, 1.165) is 12.1 Å². The van der Waals surface area contributed by atoms with Crippen LogP contribution in [0.25, 0.3) is 11.3 Å². The average Bonchev–Trinajstić information content (AvgIpc) is 3.12. The highest BCUT2D eigenvalue weighted by Gasteiger charge is 2.38. The topological polar surface area (TPSA) is 42.4 Å². The van der Waals surface area contributed by atoms with Crippen LogP contribution in [0.2, 0.25) is 5.02 Å². The molecule has 3 rings (SSSR count). The second-order valence-corrected chi connectivity index (χ2v) is 8.22. The van der Waals surface area contributed by atoms with E-state index in [4.69, 9.17) is 21.4 Å². The fraction of sp³-hybridized carbons (Fsp3) is 0.286. The maximum absolute atomic E-state index is 14.4. The van der Waals surface area contributed by atoms with Crippen molar-refractivity contribution < 1.29 is 31.8 Å². The average molecular weight is 478 g/mol. The van der Waals surface area contributed by atoms with Gasteiger partial charge in [0.05, 0.1) is 5.69 Å². The van der Waals surface area contributed by atoms with E-state index in [1.165, 1.54) is 24.3 Å². The molecule has 31 heavy (non-hydrogen) atoms. The lowest BCUT2D eigenvalue weighted by atomic mass is 10.0. The number of ether oxygens (including phenoxy) is 1. The molecule has 0 aliphatic heterocycles. The molecule has 3 nitrogen and oxygen atoms in total. The molecule has 0 radical (unpaired) electrons. The summed E-state index contributed by atoms with van der Waals surface area (Å²) in [4.78, 5) is -1.01. The van der Waals surface area contributed by atoms with Crippen molar-refractivity contribution in [2.24, 2.45) is 5.92 Å². The summed E-state index contributed by atoms with van der Waals surface area (Å²) in [6, 6.07) is 8.08. The van der Waals surface area contributed by atoms with Crippen molar-refractivity contribution in [3.63, 3.8) is 0 Å². The summed E-state index contributed by atoms with van der Waals surface area (Å²) >= 11 is 6.06. The molecule has 0 aliphatic rings. The standard InChI is InChI=1S/C21H17ClF5NO2S/c1-11(9-29)6-12-7-16(23)19(17(24)8-12)30-10-15-18(13-2-4-14(22)5-3-13)28-31-20(15)21(25,26)27/h2-5,7-8,11,29H,6,9-10H2,1H3. The van der Waals surface area contributed by atoms with E-state index in [0.29, 0.717) is 16.1 Å². The Morgan fingerprint density at radius 2 is 1.74 bits per heavy atom. The van der Waals surface area contributed by atoms with Crippen molar-refractivity contribution in [1.82, 2.24) is 4.37 Å². The highest BCUT2D eigenvalue weighted by Crippen LogP contribution is 2.40. The molecule has 0 spiro atoms. The van der Waals surface area contributed by atoms with Gasteiger partial charge in [-0.2, -0.15) is 17.5 Å². The summed E-state index contributed by atoms with van der Waals surface area (Å²) in [6.07, 6.45) is -4.47. The van der Waals surface area contributed by atoms with Crippen LogP contribution in [0.1, 0.15) is 22.9 Å². The minimum atomic E-state index is -4.71. The number of halogens is 6. The summed E-state index contributed by atoms with van der Waals surface area (Å²) in [5.74, 6) is -3.06. The lowest BCUT2D eigenvalue weighted by Gasteiger charge is -2.14. The van der Waals surface area contributed by atoms with Gasteiger partial charge in [-0.25, -0.2) is 8.78 Å². The molecule has 0 bridgehead atoms. The molecule has 1 aromatic heterocycles. The zero-order chi connectivity index (χ0) is 22.8. The van der Waals surface area contributed by atoms with Crippen LogP contribution in [0, 0.1) is 17.6 Å². The highest BCUT2D eigenvalue weighted by molar-refractivity contribution is 7.06. The van der Waals surface area contributed by atoms with E-state index in [1.807, 2.05) is 0 Å². The summed E-state index contributed by atoms with van der Waals surface area (Å²) in [7, 11) is 0. The molecule has 10 heteroatoms. The molecule has 1 unspecified atom stereocenters. The van der Waals surface area contributed by atoms with Gasteiger partial charge in [-0.3, -0.25) is 0 Å². The number of alkyl halides is 3. The smallest absolute Gasteiger partial charge is 0.427 e. The van der Waals surface area contributed by atoms with Crippen molar-refractivity contribution in [1.29, 1.82) is 0 Å². The fourth-order valence-corrected chi connectivity index (χ4v) is 3.87. The van der Waals surface area contributed by atoms with Crippen LogP contribution in [0.15, 0.2) is 36.4 Å². The number of aromatic nitrogens is 1. The third-order valence-corrected chi connectivity index (χ3v) is 5.66. The van der Waals surface area contributed by atoms with Crippen molar-refractivity contribution in [3.8, 4) is 17.0 Å². The van der Waals surface area contributed by atoms with Gasteiger partial charge in [0.2, 0.25) is 0 Å². The van der Waals surface area contributed by atoms with Gasteiger partial charge in [-0.15, -0.1) is 0 Å². The van der Waals surface area contributed by atoms with Crippen LogP contribution in [-0.2, 0) is 19.2 Å². The lowest BCUT2D eigenvalue weighted by Crippen LogP contribution is -2.10. The molecule has 1 atom stereocenters. The van der Waals surface area contributed by atoms with Crippen molar-refractivity contribution in [2.75, 3.05) is 6.61 Å². The SMILES string of the molecule is CC(CO)Cc1cc(F)c(OCc2c(-c3ccc(Cl)cc3)nsc2C(F)(F)F)c(F)c1. The monoisotopic (exact) mass is 477 g/mol. The molecule has 0 aliphatic carbocycles. The largest absolute Gasteiger partial charge is 0.483 e. The second kappa shape index (κ2) is 9.50. The molecule has 1 N–H and O–H groups in total. The Hall–Kier alpha value is -2.23. The molecule has 2 aromatic carbocycles. The molecular formula is C21H17ClF5NO2S. The molecule has 3 aromatic rings. The van der Waals surface area contributed by atoms with Gasteiger partial charge >= 0.3 is 6.18 Å². The van der Waals surface area contributed by atoms with Gasteiger partial charge in [0.1, 0.15) is 11.5 Å². The van der Waals surface area contributed by atoms with Crippen LogP contribution in [-0.4, -0.2) is 16.1 Å². The van der Waals surface area contributed by atoms with E-state index < -0.39 is 35.0 Å². The molecule has 0 saturated heterocycles. The fourth-order valence-electron chi connectivity index (χ4n) is 2.98. The number of rotatable bonds is 7. The zero-order valence-electron chi connectivity index (χ0n) is 16.1. The number of nitrogens with zero attached hydrogens (tertiary/aromatic N) is 1. The number of benzene rings is 2. The molecule has 0 amide bonds. The van der Waals surface area contributed by atoms with E-state index >= 15 is 0 Å². The van der Waals surface area contributed by atoms with Crippen LogP contribution < -0.4 is 4.74 Å². The van der Waals surface area contributed by atoms with Gasteiger partial charge in [0.25, 0.3) is 0 Å². The summed E-state index contributed by atoms with van der Waals surface area (Å²) < 4.78 is 78.3. The first kappa shape index (κ1) is 23.4. The van der Waals surface area contributed by atoms with Crippen molar-refractivity contribution in [2.45, 2.75) is 26.1 Å². The Labute approximate surface area is 184 Å². The maximum atomic E-state index is 14.4. The molecule has 0 fully saturated rings. The molecule has 0 saturated carbocycles. The molecule has 166 valence electrons. The predicted molar refractivity (Wildman–Crippen MR) is 108 cm³/mol. The van der Waals surface area contributed by atoms with Crippen LogP contribution in [0.3, 0.4) is 0 Å². The predicted octanol–water partition coefficient (Wildman–Crippen LogP) is 6.51. The minimum absolute atomic E-state index is 0.00296. The Balaban J connectivity index is 1.92. The first-order chi connectivity index (χ1) is 14.6. The zero-order valence-corrected chi connectivity index (χ0v) is 17.7. The quantitative estimate of drug-likeness (QED) is 0.394. The third kappa shape index (κ3) is 5.53. The Bertz CT molecular complexity index is 1030. The Morgan fingerprint density at radius 1 is 1.13 bits per heavy atom. The maximum Gasteiger partial charge on any atom is 0.427 e. The summed E-state index contributed by atoms with van der Waals surface area (Å²) in [6.45, 7) is 0.824. The van der Waals surface area contributed by atoms with Crippen LogP contribution >= 0.6 is 23.1 Å². The second-order valence-electron chi connectivity index (χ2n) is 7.01. The Kier molecular flexibility index (Phi) is 7.18. The lowest BCUT2D eigenvalue weighted by molar-refractivity contribution is -0.135. The van der Waals surface area contributed by atoms with Crippen molar-refractivity contribution in [3.05, 3.63) is 69.1 Å². The van der Waals surface area contributed by atoms with Gasteiger partial charge in [0, 0.05) is 22.8 Å². The van der Waals surface area contributed by atoms with Gasteiger partial charge in [0.15, 0.2) is 17.4 Å². The Morgan fingerprint density at radius 3 is 2.29 bits per heavy atom. The van der Waals surface area contributed by atoms with Gasteiger partial charge < -0.3 is 9.84 Å². The van der Waals surface area contributed by atoms with E-state index in [1.54, 1.807) is 6.92 Å². The minimum Gasteiger partial charge on any atom is -0.483 e. The van der Waals surface area contributed by atoms with Gasteiger partial charge in [-0.05, 0) is 53.7 Å². The molecular weight excluding hydrogens is 461 g/mol. The van der Waals surface area contributed by atoms with Crippen LogP contribution in [0.5, 0.6) is 5.75 Å². The number of hydrogen-bond acceptors (Lipinski definition) is 4. The van der Waals surface area contributed by atoms with Gasteiger partial charge in [-0.1, -0.05) is 30.7 Å². The third-order valence-electron chi connectivity index (χ3n) is 4.48. The van der Waals surface area contributed by atoms with Crippen LogP contribution in [0.4, 0.5) is 22.0 Å². The first-order valence-electron chi connectivity index (χ1n) is 9.13. The van der Waals surface area contributed by atoms with E-state index in [-0.39, 0.29) is 41.7 Å². The molecule has 1 heterocycles. The highest BCUT2D eigenvalue weighted by atomic mass is 35.5. The summed E-state index contributed by atoms with van der Waals surface area (Å²) in [5.41, 5.74) is 0.350. The normalized spacial score (nSPS) is 12.8. The first-order valence-corrected chi connectivity index (χ1v) is 10.3. The number of aliphatic hydroxyl groups is 1.